The maximum Gasteiger partial charge on any atom is 0.123 e. The summed E-state index contributed by atoms with van der Waals surface area (Å²) < 4.78 is 11.2. The monoisotopic (exact) mass is 254 g/mol. The Morgan fingerprint density at radius 2 is 1.88 bits per heavy atom. The molecule has 2 nitrogen and oxygen atoms in total. The van der Waals surface area contributed by atoms with Gasteiger partial charge in [-0.15, -0.1) is 0 Å². The van der Waals surface area contributed by atoms with Crippen molar-refractivity contribution >= 4 is 12.6 Å². The summed E-state index contributed by atoms with van der Waals surface area (Å²) in [7, 11) is 0. The van der Waals surface area contributed by atoms with E-state index < -0.39 is 0 Å². The molecule has 0 heterocycles. The number of thiol groups is 1. The van der Waals surface area contributed by atoms with E-state index in [1.165, 1.54) is 5.56 Å². The van der Waals surface area contributed by atoms with Gasteiger partial charge in [-0.1, -0.05) is 6.92 Å². The molecule has 0 aromatic heterocycles. The fraction of sp³-hybridized carbons (Fsp3) is 0.571. The minimum atomic E-state index is 0.439. The Balaban J connectivity index is 2.97. The Bertz CT molecular complexity index is 339. The summed E-state index contributed by atoms with van der Waals surface area (Å²) in [4.78, 5) is 0. The van der Waals surface area contributed by atoms with E-state index in [0.29, 0.717) is 19.1 Å². The molecule has 3 heteroatoms. The predicted octanol–water partition coefficient (Wildman–Crippen LogP) is 3.91. The van der Waals surface area contributed by atoms with Crippen molar-refractivity contribution in [1.82, 2.24) is 0 Å². The van der Waals surface area contributed by atoms with Crippen molar-refractivity contribution in [3.8, 4) is 11.5 Å². The quantitative estimate of drug-likeness (QED) is 0.744. The summed E-state index contributed by atoms with van der Waals surface area (Å²) in [6.07, 6.45) is 1.04. The van der Waals surface area contributed by atoms with Gasteiger partial charge in [-0.25, -0.2) is 0 Å². The number of ether oxygens (including phenoxy) is 2. The molecule has 96 valence electrons. The van der Waals surface area contributed by atoms with Crippen LogP contribution in [0, 0.1) is 0 Å². The molecule has 0 N–H and O–H groups in total. The number of benzene rings is 1. The largest absolute Gasteiger partial charge is 0.494 e. The standard InChI is InChI=1S/C14H22O2S/c1-4-15-12-6-7-14(16-5-2)13(10-12)11(3)8-9-17/h6-7,10-11,17H,4-5,8-9H2,1-3H3. The van der Waals surface area contributed by atoms with Crippen LogP contribution in [0.2, 0.25) is 0 Å². The topological polar surface area (TPSA) is 18.5 Å². The fourth-order valence-electron chi connectivity index (χ4n) is 1.80. The number of rotatable bonds is 7. The van der Waals surface area contributed by atoms with Gasteiger partial charge in [-0.05, 0) is 50.1 Å². The van der Waals surface area contributed by atoms with E-state index in [0.717, 1.165) is 23.7 Å². The third kappa shape index (κ3) is 4.15. The van der Waals surface area contributed by atoms with Crippen LogP contribution in [0.4, 0.5) is 0 Å². The Morgan fingerprint density at radius 3 is 2.47 bits per heavy atom. The number of hydrogen-bond donors (Lipinski definition) is 1. The van der Waals surface area contributed by atoms with Crippen LogP contribution in [0.25, 0.3) is 0 Å². The van der Waals surface area contributed by atoms with Crippen LogP contribution in [-0.2, 0) is 0 Å². The zero-order chi connectivity index (χ0) is 12.7. The van der Waals surface area contributed by atoms with Crippen LogP contribution in [0.1, 0.15) is 38.7 Å². The molecular formula is C14H22O2S. The molecule has 1 atom stereocenters. The van der Waals surface area contributed by atoms with Crippen molar-refractivity contribution in [2.24, 2.45) is 0 Å². The SMILES string of the molecule is CCOc1ccc(OCC)c(C(C)CCS)c1. The zero-order valence-electron chi connectivity index (χ0n) is 10.9. The lowest BCUT2D eigenvalue weighted by Gasteiger charge is -2.17. The van der Waals surface area contributed by atoms with Gasteiger partial charge in [0.05, 0.1) is 13.2 Å². The summed E-state index contributed by atoms with van der Waals surface area (Å²) in [5.41, 5.74) is 1.21. The highest BCUT2D eigenvalue weighted by Gasteiger charge is 2.12. The van der Waals surface area contributed by atoms with Crippen LogP contribution < -0.4 is 9.47 Å². The molecular weight excluding hydrogens is 232 g/mol. The first kappa shape index (κ1) is 14.2. The smallest absolute Gasteiger partial charge is 0.123 e. The Hall–Kier alpha value is -0.830. The maximum atomic E-state index is 5.66. The van der Waals surface area contributed by atoms with Gasteiger partial charge in [0.15, 0.2) is 0 Å². The Morgan fingerprint density at radius 1 is 1.18 bits per heavy atom. The van der Waals surface area contributed by atoms with Gasteiger partial charge < -0.3 is 9.47 Å². The third-order valence-electron chi connectivity index (χ3n) is 2.69. The average molecular weight is 254 g/mol. The second-order valence-corrected chi connectivity index (χ2v) is 4.43. The van der Waals surface area contributed by atoms with Crippen molar-refractivity contribution in [2.75, 3.05) is 19.0 Å². The first-order valence-electron chi connectivity index (χ1n) is 6.23. The van der Waals surface area contributed by atoms with Gasteiger partial charge in [0.2, 0.25) is 0 Å². The van der Waals surface area contributed by atoms with Gasteiger partial charge in [0.1, 0.15) is 11.5 Å². The second kappa shape index (κ2) is 7.49. The van der Waals surface area contributed by atoms with Crippen molar-refractivity contribution in [3.63, 3.8) is 0 Å². The molecule has 0 saturated heterocycles. The summed E-state index contributed by atoms with van der Waals surface area (Å²) in [5.74, 6) is 3.20. The highest BCUT2D eigenvalue weighted by atomic mass is 32.1. The first-order chi connectivity index (χ1) is 8.22. The van der Waals surface area contributed by atoms with Gasteiger partial charge in [0, 0.05) is 5.56 Å². The molecule has 1 unspecified atom stereocenters. The first-order valence-corrected chi connectivity index (χ1v) is 6.86. The van der Waals surface area contributed by atoms with Gasteiger partial charge in [-0.2, -0.15) is 12.6 Å². The molecule has 0 amide bonds. The molecule has 1 rings (SSSR count). The van der Waals surface area contributed by atoms with E-state index in [4.69, 9.17) is 9.47 Å². The van der Waals surface area contributed by atoms with Crippen LogP contribution in [0.3, 0.4) is 0 Å². The van der Waals surface area contributed by atoms with Crippen molar-refractivity contribution < 1.29 is 9.47 Å². The lowest BCUT2D eigenvalue weighted by atomic mass is 9.97. The van der Waals surface area contributed by atoms with Gasteiger partial charge in [-0.3, -0.25) is 0 Å². The van der Waals surface area contributed by atoms with Crippen LogP contribution in [0.15, 0.2) is 18.2 Å². The normalized spacial score (nSPS) is 12.2. The van der Waals surface area contributed by atoms with Crippen LogP contribution in [-0.4, -0.2) is 19.0 Å². The molecule has 0 fully saturated rings. The fourth-order valence-corrected chi connectivity index (χ4v) is 2.19. The number of hydrogen-bond acceptors (Lipinski definition) is 3. The van der Waals surface area contributed by atoms with E-state index in [1.807, 2.05) is 26.0 Å². The van der Waals surface area contributed by atoms with E-state index in [2.05, 4.69) is 25.6 Å². The van der Waals surface area contributed by atoms with E-state index >= 15 is 0 Å². The van der Waals surface area contributed by atoms with Crippen LogP contribution in [0.5, 0.6) is 11.5 Å². The third-order valence-corrected chi connectivity index (χ3v) is 2.94. The van der Waals surface area contributed by atoms with Crippen molar-refractivity contribution in [1.29, 1.82) is 0 Å². The minimum absolute atomic E-state index is 0.439. The predicted molar refractivity (Wildman–Crippen MR) is 75.7 cm³/mol. The van der Waals surface area contributed by atoms with E-state index in [-0.39, 0.29) is 0 Å². The van der Waals surface area contributed by atoms with Gasteiger partial charge in [0.25, 0.3) is 0 Å². The lowest BCUT2D eigenvalue weighted by Crippen LogP contribution is -2.02. The molecule has 0 aliphatic heterocycles. The van der Waals surface area contributed by atoms with Crippen molar-refractivity contribution in [3.05, 3.63) is 23.8 Å². The van der Waals surface area contributed by atoms with Crippen molar-refractivity contribution in [2.45, 2.75) is 33.1 Å². The highest BCUT2D eigenvalue weighted by Crippen LogP contribution is 2.32. The molecule has 0 aliphatic carbocycles. The second-order valence-electron chi connectivity index (χ2n) is 3.98. The summed E-state index contributed by atoms with van der Waals surface area (Å²) in [6, 6.07) is 6.05. The molecule has 0 aliphatic rings. The molecule has 1 aromatic rings. The van der Waals surface area contributed by atoms with Gasteiger partial charge >= 0.3 is 0 Å². The Kier molecular flexibility index (Phi) is 6.27. The zero-order valence-corrected chi connectivity index (χ0v) is 11.8. The average Bonchev–Trinajstić information content (AvgIpc) is 2.32. The van der Waals surface area contributed by atoms with E-state index in [1.54, 1.807) is 0 Å². The Labute approximate surface area is 110 Å². The highest BCUT2D eigenvalue weighted by molar-refractivity contribution is 7.80. The van der Waals surface area contributed by atoms with Crippen LogP contribution >= 0.6 is 12.6 Å². The molecule has 1 aromatic carbocycles. The lowest BCUT2D eigenvalue weighted by molar-refractivity contribution is 0.325. The summed E-state index contributed by atoms with van der Waals surface area (Å²) >= 11 is 4.29. The molecule has 0 spiro atoms. The molecule has 17 heavy (non-hydrogen) atoms. The molecule has 0 bridgehead atoms. The van der Waals surface area contributed by atoms with E-state index in [9.17, 15) is 0 Å². The molecule has 0 saturated carbocycles. The summed E-state index contributed by atoms with van der Waals surface area (Å²) in [5, 5.41) is 0. The molecule has 0 radical (unpaired) electrons. The summed E-state index contributed by atoms with van der Waals surface area (Å²) in [6.45, 7) is 7.57. The maximum absolute atomic E-state index is 5.66. The minimum Gasteiger partial charge on any atom is -0.494 e.